The summed E-state index contributed by atoms with van der Waals surface area (Å²) in [4.78, 5) is 5.16. The fourth-order valence-corrected chi connectivity index (χ4v) is 5.85. The lowest BCUT2D eigenvalue weighted by Gasteiger charge is -2.15. The Hall–Kier alpha value is -2.31. The number of para-hydroxylation sites is 1. The molecule has 0 radical (unpaired) electrons. The molecule has 0 aliphatic heterocycles. The highest BCUT2D eigenvalue weighted by Crippen LogP contribution is 2.39. The van der Waals surface area contributed by atoms with Gasteiger partial charge in [-0.15, -0.1) is 11.3 Å². The predicted molar refractivity (Wildman–Crippen MR) is 143 cm³/mol. The summed E-state index contributed by atoms with van der Waals surface area (Å²) in [5.41, 5.74) is 2.83. The van der Waals surface area contributed by atoms with Crippen molar-refractivity contribution < 1.29 is 9.47 Å². The molecule has 0 atom stereocenters. The number of ether oxygens (including phenoxy) is 2. The Bertz CT molecular complexity index is 1310. The number of nitrogens with zero attached hydrogens (tertiary/aromatic N) is 2. The van der Waals surface area contributed by atoms with Crippen molar-refractivity contribution in [2.45, 2.75) is 17.9 Å². The molecule has 0 amide bonds. The number of nitriles is 1. The van der Waals surface area contributed by atoms with E-state index >= 15 is 0 Å². The molecule has 0 unspecified atom stereocenters. The number of thiazole rings is 1. The molecular formula is C25H18Br2N2O2S2. The van der Waals surface area contributed by atoms with Crippen molar-refractivity contribution >= 4 is 71.3 Å². The summed E-state index contributed by atoms with van der Waals surface area (Å²) in [5.74, 6) is 1.26. The lowest BCUT2D eigenvalue weighted by atomic mass is 10.2. The van der Waals surface area contributed by atoms with E-state index in [1.165, 1.54) is 11.8 Å². The van der Waals surface area contributed by atoms with Crippen LogP contribution in [-0.2, 0) is 6.61 Å². The highest BCUT2D eigenvalue weighted by Gasteiger charge is 2.14. The van der Waals surface area contributed by atoms with Crippen LogP contribution in [0, 0.1) is 11.3 Å². The van der Waals surface area contributed by atoms with Crippen LogP contribution < -0.4 is 9.47 Å². The van der Waals surface area contributed by atoms with Crippen LogP contribution in [0.2, 0.25) is 0 Å². The monoisotopic (exact) mass is 600 g/mol. The van der Waals surface area contributed by atoms with E-state index in [0.29, 0.717) is 29.6 Å². The van der Waals surface area contributed by atoms with Crippen molar-refractivity contribution in [3.8, 4) is 17.6 Å². The predicted octanol–water partition coefficient (Wildman–Crippen LogP) is 8.46. The first kappa shape index (κ1) is 23.8. The fourth-order valence-electron chi connectivity index (χ4n) is 3.04. The van der Waals surface area contributed by atoms with Gasteiger partial charge in [0.2, 0.25) is 0 Å². The molecule has 0 aliphatic rings. The largest absolute Gasteiger partial charge is 0.490 e. The minimum atomic E-state index is 0.415. The van der Waals surface area contributed by atoms with E-state index < -0.39 is 0 Å². The normalized spacial score (nSPS) is 11.4. The summed E-state index contributed by atoms with van der Waals surface area (Å²) < 4.78 is 15.6. The van der Waals surface area contributed by atoms with E-state index in [4.69, 9.17) is 9.47 Å². The fraction of sp³-hybridized carbons (Fsp3) is 0.120. The summed E-state index contributed by atoms with van der Waals surface area (Å²) in [6.07, 6.45) is 1.84. The molecule has 1 heterocycles. The van der Waals surface area contributed by atoms with Crippen molar-refractivity contribution in [1.29, 1.82) is 5.26 Å². The molecule has 0 spiro atoms. The first-order valence-corrected chi connectivity index (χ1v) is 13.3. The summed E-state index contributed by atoms with van der Waals surface area (Å²) in [6.45, 7) is 2.84. The van der Waals surface area contributed by atoms with Gasteiger partial charge in [0.25, 0.3) is 0 Å². The van der Waals surface area contributed by atoms with Gasteiger partial charge < -0.3 is 9.47 Å². The van der Waals surface area contributed by atoms with E-state index in [-0.39, 0.29) is 0 Å². The Morgan fingerprint density at radius 1 is 1.12 bits per heavy atom. The standard InChI is InChI=1S/C25H18Br2N2O2S2/c1-2-30-22-13-17(12-20(27)24(22)31-15-16-7-9-18(26)10-8-16)11-19(14-28)32-25-29-21-5-3-4-6-23(21)33-25/h3-13H,2,15H2,1H3/b19-11+. The quantitative estimate of drug-likeness (QED) is 0.150. The molecule has 4 nitrogen and oxygen atoms in total. The highest BCUT2D eigenvalue weighted by atomic mass is 79.9. The SMILES string of the molecule is CCOc1cc(/C=C(\C#N)Sc2nc3ccccc3s2)cc(Br)c1OCc1ccc(Br)cc1. The van der Waals surface area contributed by atoms with Crippen molar-refractivity contribution in [2.75, 3.05) is 6.61 Å². The maximum atomic E-state index is 9.72. The highest BCUT2D eigenvalue weighted by molar-refractivity contribution is 9.10. The second-order valence-electron chi connectivity index (χ2n) is 6.85. The van der Waals surface area contributed by atoms with E-state index in [1.807, 2.05) is 73.7 Å². The molecule has 0 N–H and O–H groups in total. The third kappa shape index (κ3) is 6.18. The Balaban J connectivity index is 1.57. The number of halogens is 2. The van der Waals surface area contributed by atoms with E-state index in [2.05, 4.69) is 42.9 Å². The molecule has 4 aromatic rings. The van der Waals surface area contributed by atoms with Gasteiger partial charge in [0.05, 0.1) is 26.2 Å². The minimum absolute atomic E-state index is 0.415. The molecule has 0 saturated heterocycles. The first-order valence-electron chi connectivity index (χ1n) is 10.0. The molecule has 0 aliphatic carbocycles. The molecule has 8 heteroatoms. The van der Waals surface area contributed by atoms with Crippen molar-refractivity contribution in [3.05, 3.63) is 85.6 Å². The molecule has 3 aromatic carbocycles. The van der Waals surface area contributed by atoms with Gasteiger partial charge in [-0.3, -0.25) is 0 Å². The molecular weight excluding hydrogens is 584 g/mol. The smallest absolute Gasteiger partial charge is 0.175 e. The van der Waals surface area contributed by atoms with Crippen LogP contribution in [0.15, 0.2) is 78.9 Å². The number of rotatable bonds is 8. The Morgan fingerprint density at radius 2 is 1.91 bits per heavy atom. The van der Waals surface area contributed by atoms with Crippen LogP contribution in [0.3, 0.4) is 0 Å². The summed E-state index contributed by atoms with van der Waals surface area (Å²) in [7, 11) is 0. The number of thioether (sulfide) groups is 1. The number of benzene rings is 3. The van der Waals surface area contributed by atoms with E-state index in [9.17, 15) is 5.26 Å². The van der Waals surface area contributed by atoms with Crippen molar-refractivity contribution in [1.82, 2.24) is 4.98 Å². The van der Waals surface area contributed by atoms with Gasteiger partial charge >= 0.3 is 0 Å². The zero-order chi connectivity index (χ0) is 23.2. The van der Waals surface area contributed by atoms with Crippen LogP contribution in [0.1, 0.15) is 18.1 Å². The zero-order valence-electron chi connectivity index (χ0n) is 17.5. The maximum Gasteiger partial charge on any atom is 0.175 e. The minimum Gasteiger partial charge on any atom is -0.490 e. The topological polar surface area (TPSA) is 55.1 Å². The van der Waals surface area contributed by atoms with Crippen LogP contribution in [0.4, 0.5) is 0 Å². The molecule has 0 bridgehead atoms. The van der Waals surface area contributed by atoms with Crippen molar-refractivity contribution in [2.24, 2.45) is 0 Å². The maximum absolute atomic E-state index is 9.72. The third-order valence-electron chi connectivity index (χ3n) is 4.51. The Morgan fingerprint density at radius 3 is 2.64 bits per heavy atom. The second-order valence-corrected chi connectivity index (χ2v) is 10.9. The molecule has 4 rings (SSSR count). The Labute approximate surface area is 217 Å². The summed E-state index contributed by atoms with van der Waals surface area (Å²) >= 11 is 10.0. The van der Waals surface area contributed by atoms with Gasteiger partial charge in [0.1, 0.15) is 12.7 Å². The molecule has 166 valence electrons. The molecule has 33 heavy (non-hydrogen) atoms. The van der Waals surface area contributed by atoms with Crippen LogP contribution in [0.5, 0.6) is 11.5 Å². The van der Waals surface area contributed by atoms with Gasteiger partial charge in [-0.1, -0.05) is 40.2 Å². The van der Waals surface area contributed by atoms with Gasteiger partial charge in [-0.05, 0) is 88.2 Å². The first-order chi connectivity index (χ1) is 16.1. The van der Waals surface area contributed by atoms with Crippen molar-refractivity contribution in [3.63, 3.8) is 0 Å². The number of allylic oxidation sites excluding steroid dienone is 1. The summed E-state index contributed by atoms with van der Waals surface area (Å²) in [5, 5.41) is 9.72. The average Bonchev–Trinajstić information content (AvgIpc) is 3.22. The zero-order valence-corrected chi connectivity index (χ0v) is 22.4. The molecule has 1 aromatic heterocycles. The average molecular weight is 602 g/mol. The lowest BCUT2D eigenvalue weighted by Crippen LogP contribution is -2.01. The molecule has 0 fully saturated rings. The number of fused-ring (bicyclic) bond motifs is 1. The van der Waals surface area contributed by atoms with E-state index in [0.717, 1.165) is 34.6 Å². The van der Waals surface area contributed by atoms with Gasteiger partial charge in [-0.2, -0.15) is 5.26 Å². The van der Waals surface area contributed by atoms with Crippen LogP contribution >= 0.6 is 55.0 Å². The van der Waals surface area contributed by atoms with Crippen LogP contribution in [-0.4, -0.2) is 11.6 Å². The third-order valence-corrected chi connectivity index (χ3v) is 7.65. The van der Waals surface area contributed by atoms with Gasteiger partial charge in [0.15, 0.2) is 15.8 Å². The van der Waals surface area contributed by atoms with Gasteiger partial charge in [-0.25, -0.2) is 4.98 Å². The Kier molecular flexibility index (Phi) is 8.10. The number of hydrogen-bond donors (Lipinski definition) is 0. The number of aromatic nitrogens is 1. The van der Waals surface area contributed by atoms with Crippen LogP contribution in [0.25, 0.3) is 16.3 Å². The number of hydrogen-bond acceptors (Lipinski definition) is 6. The summed E-state index contributed by atoms with van der Waals surface area (Å²) in [6, 6.07) is 22.0. The lowest BCUT2D eigenvalue weighted by molar-refractivity contribution is 0.267. The van der Waals surface area contributed by atoms with Gasteiger partial charge in [0, 0.05) is 4.47 Å². The molecule has 0 saturated carbocycles. The second kappa shape index (κ2) is 11.2. The van der Waals surface area contributed by atoms with E-state index in [1.54, 1.807) is 11.3 Å².